The molecule has 2 heterocycles. The molecule has 0 aliphatic heterocycles. The third-order valence-electron chi connectivity index (χ3n) is 2.81. The Balaban J connectivity index is 0.00000200. The zero-order valence-electron chi connectivity index (χ0n) is 11.4. The molecule has 20 heavy (non-hydrogen) atoms. The zero-order valence-corrected chi connectivity index (χ0v) is 12.2. The van der Waals surface area contributed by atoms with Crippen molar-refractivity contribution in [3.05, 3.63) is 29.8 Å². The molecule has 0 atom stereocenters. The summed E-state index contributed by atoms with van der Waals surface area (Å²) in [6, 6.07) is 0. The molecule has 0 amide bonds. The second-order valence-electron chi connectivity index (χ2n) is 4.29. The van der Waals surface area contributed by atoms with Gasteiger partial charge in [0, 0.05) is 31.0 Å². The van der Waals surface area contributed by atoms with Gasteiger partial charge in [0.25, 0.3) is 6.43 Å². The highest BCUT2D eigenvalue weighted by molar-refractivity contribution is 5.85. The van der Waals surface area contributed by atoms with Crippen LogP contribution in [-0.2, 0) is 19.6 Å². The van der Waals surface area contributed by atoms with Gasteiger partial charge in [-0.3, -0.25) is 9.36 Å². The molecular formula is C12H18ClF2N5. The van der Waals surface area contributed by atoms with Gasteiger partial charge in [-0.2, -0.15) is 10.2 Å². The SMILES string of the molecule is CCn1cc(CNc2cnn(CC(F)F)c2)c(C)n1.Cl. The molecule has 5 nitrogen and oxygen atoms in total. The van der Waals surface area contributed by atoms with Crippen LogP contribution in [0.1, 0.15) is 18.2 Å². The molecular weight excluding hydrogens is 288 g/mol. The maximum atomic E-state index is 12.2. The lowest BCUT2D eigenvalue weighted by Crippen LogP contribution is -2.06. The van der Waals surface area contributed by atoms with Crippen LogP contribution in [0.4, 0.5) is 14.5 Å². The van der Waals surface area contributed by atoms with Crippen LogP contribution in [0.3, 0.4) is 0 Å². The van der Waals surface area contributed by atoms with E-state index in [1.807, 2.05) is 24.7 Å². The van der Waals surface area contributed by atoms with Crippen molar-refractivity contribution in [2.75, 3.05) is 5.32 Å². The van der Waals surface area contributed by atoms with Crippen LogP contribution >= 0.6 is 12.4 Å². The molecule has 2 rings (SSSR count). The molecule has 0 saturated carbocycles. The molecule has 1 N–H and O–H groups in total. The van der Waals surface area contributed by atoms with Crippen molar-refractivity contribution >= 4 is 18.1 Å². The first kappa shape index (κ1) is 16.4. The smallest absolute Gasteiger partial charge is 0.257 e. The molecule has 0 unspecified atom stereocenters. The van der Waals surface area contributed by atoms with E-state index in [-0.39, 0.29) is 19.0 Å². The van der Waals surface area contributed by atoms with Gasteiger partial charge in [0.1, 0.15) is 6.54 Å². The first-order valence-electron chi connectivity index (χ1n) is 6.16. The van der Waals surface area contributed by atoms with Gasteiger partial charge in [0.2, 0.25) is 0 Å². The van der Waals surface area contributed by atoms with Gasteiger partial charge in [0.15, 0.2) is 0 Å². The summed E-state index contributed by atoms with van der Waals surface area (Å²) in [4.78, 5) is 0. The van der Waals surface area contributed by atoms with Crippen molar-refractivity contribution in [1.82, 2.24) is 19.6 Å². The van der Waals surface area contributed by atoms with E-state index in [9.17, 15) is 8.78 Å². The number of nitrogens with zero attached hydrogens (tertiary/aromatic N) is 4. The molecule has 0 aromatic carbocycles. The van der Waals surface area contributed by atoms with E-state index in [4.69, 9.17) is 0 Å². The second-order valence-corrected chi connectivity index (χ2v) is 4.29. The van der Waals surface area contributed by atoms with Gasteiger partial charge in [-0.05, 0) is 13.8 Å². The Morgan fingerprint density at radius 3 is 2.65 bits per heavy atom. The highest BCUT2D eigenvalue weighted by Gasteiger charge is 2.07. The Morgan fingerprint density at radius 1 is 1.30 bits per heavy atom. The Bertz CT molecular complexity index is 538. The molecule has 0 spiro atoms. The van der Waals surface area contributed by atoms with Crippen LogP contribution < -0.4 is 5.32 Å². The largest absolute Gasteiger partial charge is 0.378 e. The average molecular weight is 306 g/mol. The molecule has 8 heteroatoms. The number of aryl methyl sites for hydroxylation is 2. The standard InChI is InChI=1S/C12H17F2N5.ClH/c1-3-18-6-10(9(2)17-18)4-15-11-5-16-19(7-11)8-12(13)14;/h5-7,12,15H,3-4,8H2,1-2H3;1H. The maximum absolute atomic E-state index is 12.2. The van der Waals surface area contributed by atoms with Crippen molar-refractivity contribution in [1.29, 1.82) is 0 Å². The third kappa shape index (κ3) is 4.19. The van der Waals surface area contributed by atoms with Gasteiger partial charge in [-0.25, -0.2) is 8.78 Å². The van der Waals surface area contributed by atoms with Crippen LogP contribution in [0.25, 0.3) is 0 Å². The fourth-order valence-electron chi connectivity index (χ4n) is 1.79. The van der Waals surface area contributed by atoms with Crippen LogP contribution in [0.5, 0.6) is 0 Å². The Hall–Kier alpha value is -1.63. The van der Waals surface area contributed by atoms with Gasteiger partial charge in [-0.15, -0.1) is 12.4 Å². The lowest BCUT2D eigenvalue weighted by Gasteiger charge is -2.02. The predicted octanol–water partition coefficient (Wildman–Crippen LogP) is 2.71. The number of alkyl halides is 2. The number of halogens is 3. The Morgan fingerprint density at radius 2 is 2.05 bits per heavy atom. The summed E-state index contributed by atoms with van der Waals surface area (Å²) in [6.45, 7) is 5.02. The molecule has 0 aliphatic rings. The zero-order chi connectivity index (χ0) is 13.8. The number of nitrogens with one attached hydrogen (secondary N) is 1. The molecule has 0 aliphatic carbocycles. The monoisotopic (exact) mass is 305 g/mol. The van der Waals surface area contributed by atoms with E-state index >= 15 is 0 Å². The van der Waals surface area contributed by atoms with E-state index in [1.54, 1.807) is 12.4 Å². The van der Waals surface area contributed by atoms with E-state index in [0.29, 0.717) is 6.54 Å². The van der Waals surface area contributed by atoms with E-state index < -0.39 is 6.43 Å². The average Bonchev–Trinajstić information content (AvgIpc) is 2.93. The quantitative estimate of drug-likeness (QED) is 0.892. The topological polar surface area (TPSA) is 47.7 Å². The second kappa shape index (κ2) is 7.23. The number of anilines is 1. The summed E-state index contributed by atoms with van der Waals surface area (Å²) in [5.74, 6) is 0. The van der Waals surface area contributed by atoms with Crippen LogP contribution in [0.2, 0.25) is 0 Å². The van der Waals surface area contributed by atoms with Crippen LogP contribution in [0.15, 0.2) is 18.6 Å². The third-order valence-corrected chi connectivity index (χ3v) is 2.81. The minimum atomic E-state index is -2.39. The van der Waals surface area contributed by atoms with E-state index in [2.05, 4.69) is 15.5 Å². The molecule has 0 bridgehead atoms. The highest BCUT2D eigenvalue weighted by Crippen LogP contribution is 2.11. The lowest BCUT2D eigenvalue weighted by atomic mass is 10.2. The van der Waals surface area contributed by atoms with Gasteiger partial charge in [0.05, 0.1) is 17.6 Å². The fourth-order valence-corrected chi connectivity index (χ4v) is 1.79. The number of hydrogen-bond acceptors (Lipinski definition) is 3. The van der Waals surface area contributed by atoms with Crippen molar-refractivity contribution < 1.29 is 8.78 Å². The Labute approximate surface area is 122 Å². The van der Waals surface area contributed by atoms with Gasteiger partial charge >= 0.3 is 0 Å². The molecule has 2 aromatic heterocycles. The summed E-state index contributed by atoms with van der Waals surface area (Å²) in [7, 11) is 0. The lowest BCUT2D eigenvalue weighted by molar-refractivity contribution is 0.122. The summed E-state index contributed by atoms with van der Waals surface area (Å²) < 4.78 is 27.5. The van der Waals surface area contributed by atoms with Gasteiger partial charge in [-0.1, -0.05) is 0 Å². The number of aromatic nitrogens is 4. The number of hydrogen-bond donors (Lipinski definition) is 1. The normalized spacial score (nSPS) is 10.7. The molecule has 0 fully saturated rings. The molecule has 0 radical (unpaired) electrons. The van der Waals surface area contributed by atoms with E-state index in [1.165, 1.54) is 4.68 Å². The van der Waals surface area contributed by atoms with Crippen LogP contribution in [0, 0.1) is 6.92 Å². The first-order chi connectivity index (χ1) is 9.08. The van der Waals surface area contributed by atoms with Crippen LogP contribution in [-0.4, -0.2) is 26.0 Å². The predicted molar refractivity (Wildman–Crippen MR) is 75.4 cm³/mol. The molecule has 0 saturated heterocycles. The van der Waals surface area contributed by atoms with Crippen molar-refractivity contribution in [2.45, 2.75) is 39.9 Å². The Kier molecular flexibility index (Phi) is 5.94. The molecule has 2 aromatic rings. The first-order valence-corrected chi connectivity index (χ1v) is 6.16. The summed E-state index contributed by atoms with van der Waals surface area (Å²) >= 11 is 0. The number of rotatable bonds is 6. The highest BCUT2D eigenvalue weighted by atomic mass is 35.5. The summed E-state index contributed by atoms with van der Waals surface area (Å²) in [6.07, 6.45) is 2.71. The van der Waals surface area contributed by atoms with Crippen molar-refractivity contribution in [2.24, 2.45) is 0 Å². The molecule has 112 valence electrons. The summed E-state index contributed by atoms with van der Waals surface area (Å²) in [5, 5.41) is 11.4. The minimum absolute atomic E-state index is 0. The van der Waals surface area contributed by atoms with Crippen molar-refractivity contribution in [3.8, 4) is 0 Å². The van der Waals surface area contributed by atoms with Gasteiger partial charge < -0.3 is 5.32 Å². The van der Waals surface area contributed by atoms with E-state index in [0.717, 1.165) is 23.5 Å². The minimum Gasteiger partial charge on any atom is -0.378 e. The fraction of sp³-hybridized carbons (Fsp3) is 0.500. The summed E-state index contributed by atoms with van der Waals surface area (Å²) in [5.41, 5.74) is 2.78. The maximum Gasteiger partial charge on any atom is 0.257 e. The van der Waals surface area contributed by atoms with Crippen molar-refractivity contribution in [3.63, 3.8) is 0 Å².